The van der Waals surface area contributed by atoms with Gasteiger partial charge in [-0.2, -0.15) is 0 Å². The third-order valence-electron chi connectivity index (χ3n) is 3.93. The monoisotopic (exact) mass is 396 g/mol. The van der Waals surface area contributed by atoms with E-state index < -0.39 is 11.7 Å². The molecule has 0 radical (unpaired) electrons. The first-order valence-electron chi connectivity index (χ1n) is 9.03. The van der Waals surface area contributed by atoms with Crippen LogP contribution in [0, 0.1) is 0 Å². The molecule has 0 saturated heterocycles. The van der Waals surface area contributed by atoms with E-state index in [1.54, 1.807) is 32.4 Å². The van der Waals surface area contributed by atoms with Crippen molar-refractivity contribution in [1.82, 2.24) is 9.97 Å². The molecule has 1 aromatic heterocycles. The van der Waals surface area contributed by atoms with Crippen molar-refractivity contribution in [2.24, 2.45) is 0 Å². The normalized spacial score (nSPS) is 11.1. The molecule has 2 N–H and O–H groups in total. The molecule has 1 amide bonds. The smallest absolute Gasteiger partial charge is 0.412 e. The number of aromatic nitrogens is 2. The molecular formula is C21H24N4O4. The van der Waals surface area contributed by atoms with Gasteiger partial charge in [0.05, 0.1) is 19.7 Å². The predicted octanol–water partition coefficient (Wildman–Crippen LogP) is 4.74. The van der Waals surface area contributed by atoms with Gasteiger partial charge >= 0.3 is 6.09 Å². The Hall–Kier alpha value is -3.55. The molecular weight excluding hydrogens is 372 g/mol. The molecule has 8 heteroatoms. The zero-order valence-electron chi connectivity index (χ0n) is 17.1. The largest absolute Gasteiger partial charge is 0.493 e. The van der Waals surface area contributed by atoms with E-state index in [2.05, 4.69) is 20.6 Å². The van der Waals surface area contributed by atoms with Gasteiger partial charge in [0.1, 0.15) is 17.7 Å². The second kappa shape index (κ2) is 8.22. The van der Waals surface area contributed by atoms with Crippen LogP contribution in [0.3, 0.4) is 0 Å². The van der Waals surface area contributed by atoms with Gasteiger partial charge in [-0.1, -0.05) is 0 Å². The topological polar surface area (TPSA) is 94.6 Å². The number of carbonyl (C=O) groups is 1. The molecule has 0 unspecified atom stereocenters. The number of hydrogen-bond acceptors (Lipinski definition) is 7. The summed E-state index contributed by atoms with van der Waals surface area (Å²) in [6.45, 7) is 5.45. The molecule has 1 heterocycles. The number of rotatable bonds is 5. The van der Waals surface area contributed by atoms with Crippen molar-refractivity contribution in [3.8, 4) is 11.5 Å². The molecule has 0 spiro atoms. The maximum Gasteiger partial charge on any atom is 0.412 e. The second-order valence-corrected chi connectivity index (χ2v) is 7.28. The third kappa shape index (κ3) is 5.04. The zero-order valence-corrected chi connectivity index (χ0v) is 17.1. The van der Waals surface area contributed by atoms with Gasteiger partial charge in [-0.3, -0.25) is 5.32 Å². The molecule has 0 aliphatic carbocycles. The summed E-state index contributed by atoms with van der Waals surface area (Å²) in [6, 6.07) is 10.9. The highest BCUT2D eigenvalue weighted by atomic mass is 16.6. The van der Waals surface area contributed by atoms with Crippen LogP contribution < -0.4 is 20.1 Å². The van der Waals surface area contributed by atoms with Crippen LogP contribution >= 0.6 is 0 Å². The van der Waals surface area contributed by atoms with Crippen molar-refractivity contribution in [1.29, 1.82) is 0 Å². The lowest BCUT2D eigenvalue weighted by molar-refractivity contribution is 0.0636. The van der Waals surface area contributed by atoms with Gasteiger partial charge in [-0.25, -0.2) is 14.8 Å². The van der Waals surface area contributed by atoms with Crippen LogP contribution in [-0.2, 0) is 4.74 Å². The lowest BCUT2D eigenvalue weighted by Crippen LogP contribution is -2.27. The van der Waals surface area contributed by atoms with Gasteiger partial charge in [0.15, 0.2) is 11.5 Å². The molecule has 0 saturated carbocycles. The van der Waals surface area contributed by atoms with Gasteiger partial charge in [0.2, 0.25) is 0 Å². The Kier molecular flexibility index (Phi) is 5.72. The fourth-order valence-electron chi connectivity index (χ4n) is 2.68. The molecule has 8 nitrogen and oxygen atoms in total. The number of fused-ring (bicyclic) bond motifs is 1. The number of amides is 1. The maximum atomic E-state index is 11.9. The van der Waals surface area contributed by atoms with Crippen LogP contribution in [0.5, 0.6) is 11.5 Å². The summed E-state index contributed by atoms with van der Waals surface area (Å²) < 4.78 is 16.0. The highest BCUT2D eigenvalue weighted by Gasteiger charge is 2.16. The average Bonchev–Trinajstić information content (AvgIpc) is 2.67. The van der Waals surface area contributed by atoms with E-state index in [9.17, 15) is 4.79 Å². The summed E-state index contributed by atoms with van der Waals surface area (Å²) in [5, 5.41) is 6.76. The summed E-state index contributed by atoms with van der Waals surface area (Å²) >= 11 is 0. The van der Waals surface area contributed by atoms with Crippen LogP contribution in [0.4, 0.5) is 22.0 Å². The Balaban J connectivity index is 1.79. The standard InChI is InChI=1S/C21H24N4O4/c1-21(2,3)29-20(26)25-14-8-6-13(7-9-14)24-19-15-10-17(27-4)18(28-5)11-16(15)22-12-23-19/h6-12H,1-5H3,(H,25,26)(H,22,23,24). The van der Waals surface area contributed by atoms with E-state index in [0.717, 1.165) is 16.6 Å². The molecule has 3 aromatic rings. The van der Waals surface area contributed by atoms with Crippen molar-refractivity contribution >= 4 is 34.2 Å². The van der Waals surface area contributed by atoms with Gasteiger partial charge in [-0.05, 0) is 51.1 Å². The summed E-state index contributed by atoms with van der Waals surface area (Å²) in [6.07, 6.45) is 0.982. The van der Waals surface area contributed by atoms with Crippen molar-refractivity contribution in [3.05, 3.63) is 42.7 Å². The number of benzene rings is 2. The quantitative estimate of drug-likeness (QED) is 0.643. The number of hydrogen-bond donors (Lipinski definition) is 2. The summed E-state index contributed by atoms with van der Waals surface area (Å²) in [4.78, 5) is 20.5. The minimum absolute atomic E-state index is 0.499. The summed E-state index contributed by atoms with van der Waals surface area (Å²) in [7, 11) is 3.16. The number of anilines is 3. The summed E-state index contributed by atoms with van der Waals surface area (Å²) in [5.41, 5.74) is 1.60. The van der Waals surface area contributed by atoms with Crippen LogP contribution in [0.2, 0.25) is 0 Å². The van der Waals surface area contributed by atoms with Crippen molar-refractivity contribution in [2.45, 2.75) is 26.4 Å². The Morgan fingerprint density at radius 3 is 2.17 bits per heavy atom. The first-order chi connectivity index (χ1) is 13.8. The average molecular weight is 396 g/mol. The van der Waals surface area contributed by atoms with Crippen LogP contribution in [0.25, 0.3) is 10.9 Å². The Labute approximate surface area is 169 Å². The minimum Gasteiger partial charge on any atom is -0.493 e. The Morgan fingerprint density at radius 1 is 0.931 bits per heavy atom. The molecule has 0 aliphatic heterocycles. The van der Waals surface area contributed by atoms with E-state index in [1.165, 1.54) is 6.33 Å². The fourth-order valence-corrected chi connectivity index (χ4v) is 2.68. The van der Waals surface area contributed by atoms with Gasteiger partial charge in [0.25, 0.3) is 0 Å². The first kappa shape index (κ1) is 20.2. The molecule has 3 rings (SSSR count). The SMILES string of the molecule is COc1cc2ncnc(Nc3ccc(NC(=O)OC(C)(C)C)cc3)c2cc1OC. The molecule has 0 fully saturated rings. The van der Waals surface area contributed by atoms with Crippen molar-refractivity contribution in [2.75, 3.05) is 24.9 Å². The van der Waals surface area contributed by atoms with Crippen LogP contribution in [0.1, 0.15) is 20.8 Å². The number of ether oxygens (including phenoxy) is 3. The van der Waals surface area contributed by atoms with Crippen LogP contribution in [-0.4, -0.2) is 35.9 Å². The first-order valence-corrected chi connectivity index (χ1v) is 9.03. The van der Waals surface area contributed by atoms with Crippen LogP contribution in [0.15, 0.2) is 42.7 Å². The number of methoxy groups -OCH3 is 2. The molecule has 0 atom stereocenters. The summed E-state index contributed by atoms with van der Waals surface area (Å²) in [5.74, 6) is 1.82. The van der Waals surface area contributed by atoms with E-state index in [-0.39, 0.29) is 0 Å². The zero-order chi connectivity index (χ0) is 21.0. The van der Waals surface area contributed by atoms with Crippen molar-refractivity contribution < 1.29 is 19.0 Å². The van der Waals surface area contributed by atoms with E-state index in [1.807, 2.05) is 39.0 Å². The number of nitrogens with one attached hydrogen (secondary N) is 2. The maximum absolute atomic E-state index is 11.9. The van der Waals surface area contributed by atoms with E-state index >= 15 is 0 Å². The Morgan fingerprint density at radius 2 is 1.55 bits per heavy atom. The van der Waals surface area contributed by atoms with Gasteiger partial charge in [-0.15, -0.1) is 0 Å². The van der Waals surface area contributed by atoms with Gasteiger partial charge in [0, 0.05) is 22.8 Å². The second-order valence-electron chi connectivity index (χ2n) is 7.28. The molecule has 29 heavy (non-hydrogen) atoms. The van der Waals surface area contributed by atoms with Crippen molar-refractivity contribution in [3.63, 3.8) is 0 Å². The molecule has 2 aromatic carbocycles. The third-order valence-corrected chi connectivity index (χ3v) is 3.93. The fraction of sp³-hybridized carbons (Fsp3) is 0.286. The lowest BCUT2D eigenvalue weighted by Gasteiger charge is -2.19. The van der Waals surface area contributed by atoms with E-state index in [0.29, 0.717) is 23.0 Å². The highest BCUT2D eigenvalue weighted by molar-refractivity contribution is 5.93. The van der Waals surface area contributed by atoms with E-state index in [4.69, 9.17) is 14.2 Å². The molecule has 0 aliphatic rings. The molecule has 0 bridgehead atoms. The minimum atomic E-state index is -0.552. The number of carbonyl (C=O) groups excluding carboxylic acids is 1. The Bertz CT molecular complexity index is 1010. The predicted molar refractivity (Wildman–Crippen MR) is 112 cm³/mol. The number of nitrogens with zero attached hydrogens (tertiary/aromatic N) is 2. The van der Waals surface area contributed by atoms with Gasteiger partial charge < -0.3 is 19.5 Å². The lowest BCUT2D eigenvalue weighted by atomic mass is 10.2. The highest BCUT2D eigenvalue weighted by Crippen LogP contribution is 2.34. The molecule has 152 valence electrons.